The van der Waals surface area contributed by atoms with E-state index in [0.717, 1.165) is 48.2 Å². The van der Waals surface area contributed by atoms with E-state index in [0.29, 0.717) is 18.3 Å². The first-order chi connectivity index (χ1) is 14.2. The highest BCUT2D eigenvalue weighted by molar-refractivity contribution is 7.85. The zero-order valence-corrected chi connectivity index (χ0v) is 18.0. The van der Waals surface area contributed by atoms with Crippen LogP contribution in [-0.4, -0.2) is 55.8 Å². The number of rotatable bonds is 7. The number of nitrogens with zero attached hydrogens (tertiary/aromatic N) is 2. The van der Waals surface area contributed by atoms with E-state index in [2.05, 4.69) is 26.6 Å². The molecular weight excluding hydrogens is 384 g/mol. The number of piperidine rings is 1. The van der Waals surface area contributed by atoms with Crippen molar-refractivity contribution in [1.29, 1.82) is 0 Å². The number of para-hydroxylation sites is 2. The summed E-state index contributed by atoms with van der Waals surface area (Å²) in [6.45, 7) is 2.50. The van der Waals surface area contributed by atoms with E-state index in [1.807, 2.05) is 48.5 Å². The Hall–Kier alpha value is -2.54. The first-order valence-electron chi connectivity index (χ1n) is 10.00. The lowest BCUT2D eigenvalue weighted by Gasteiger charge is -2.36. The molecule has 0 radical (unpaired) electrons. The summed E-state index contributed by atoms with van der Waals surface area (Å²) in [6, 6.07) is 18.0. The number of benzene rings is 2. The number of anilines is 1. The van der Waals surface area contributed by atoms with E-state index in [-0.39, 0.29) is 0 Å². The van der Waals surface area contributed by atoms with Crippen LogP contribution >= 0.6 is 0 Å². The van der Waals surface area contributed by atoms with Crippen LogP contribution in [0.4, 0.5) is 5.69 Å². The minimum absolute atomic E-state index is 0.291. The van der Waals surface area contributed by atoms with Crippen molar-refractivity contribution in [2.75, 3.05) is 44.4 Å². The average Bonchev–Trinajstić information content (AvgIpc) is 2.79. The number of aliphatic imine (C=N–C) groups is 1. The van der Waals surface area contributed by atoms with Gasteiger partial charge in [0.15, 0.2) is 5.96 Å². The minimum atomic E-state index is -1.01. The van der Waals surface area contributed by atoms with Gasteiger partial charge in [0.2, 0.25) is 0 Å². The summed E-state index contributed by atoms with van der Waals surface area (Å²) in [7, 11) is 2.47. The summed E-state index contributed by atoms with van der Waals surface area (Å²) in [5.74, 6) is 2.20. The number of methoxy groups -OCH3 is 1. The fourth-order valence-electron chi connectivity index (χ4n) is 3.55. The predicted molar refractivity (Wildman–Crippen MR) is 120 cm³/mol. The van der Waals surface area contributed by atoms with E-state index < -0.39 is 10.8 Å². The highest BCUT2D eigenvalue weighted by Gasteiger charge is 2.22. The van der Waals surface area contributed by atoms with Crippen LogP contribution in [0.2, 0.25) is 0 Å². The molecule has 0 aliphatic carbocycles. The third-order valence-corrected chi connectivity index (χ3v) is 6.37. The van der Waals surface area contributed by atoms with Crippen molar-refractivity contribution in [3.63, 3.8) is 0 Å². The third kappa shape index (κ3) is 5.97. The van der Waals surface area contributed by atoms with Crippen molar-refractivity contribution < 1.29 is 8.95 Å². The van der Waals surface area contributed by atoms with E-state index in [1.165, 1.54) is 0 Å². The van der Waals surface area contributed by atoms with Gasteiger partial charge >= 0.3 is 0 Å². The summed E-state index contributed by atoms with van der Waals surface area (Å²) in [4.78, 5) is 7.55. The van der Waals surface area contributed by atoms with Gasteiger partial charge in [-0.05, 0) is 37.1 Å². The van der Waals surface area contributed by atoms with Crippen molar-refractivity contribution in [2.24, 2.45) is 4.99 Å². The van der Waals surface area contributed by atoms with Gasteiger partial charge in [0, 0.05) is 43.4 Å². The maximum absolute atomic E-state index is 12.4. The van der Waals surface area contributed by atoms with E-state index >= 15 is 0 Å². The number of hydrogen-bond acceptors (Lipinski definition) is 4. The van der Waals surface area contributed by atoms with Crippen LogP contribution < -0.4 is 20.3 Å². The standard InChI is InChI=1S/C22H30N4O2S/c1-23-22(24-14-16-29(27)19-10-4-3-5-11-19)25-18-9-8-15-26(17-18)20-12-6-7-13-21(20)28-2/h3-7,10-13,18H,8-9,14-17H2,1-2H3,(H2,23,24,25). The summed E-state index contributed by atoms with van der Waals surface area (Å²) in [6.07, 6.45) is 2.19. The van der Waals surface area contributed by atoms with Gasteiger partial charge in [-0.25, -0.2) is 0 Å². The molecule has 0 amide bonds. The fourth-order valence-corrected chi connectivity index (χ4v) is 4.53. The van der Waals surface area contributed by atoms with Crippen LogP contribution in [0, 0.1) is 0 Å². The molecule has 0 spiro atoms. The van der Waals surface area contributed by atoms with Gasteiger partial charge in [0.1, 0.15) is 5.75 Å². The third-order valence-electron chi connectivity index (χ3n) is 5.00. The van der Waals surface area contributed by atoms with Crippen LogP contribution in [0.1, 0.15) is 12.8 Å². The number of guanidine groups is 1. The molecule has 0 aromatic heterocycles. The van der Waals surface area contributed by atoms with E-state index in [9.17, 15) is 4.21 Å². The van der Waals surface area contributed by atoms with E-state index in [1.54, 1.807) is 14.2 Å². The molecule has 7 heteroatoms. The van der Waals surface area contributed by atoms with Gasteiger partial charge in [-0.3, -0.25) is 9.20 Å². The highest BCUT2D eigenvalue weighted by Crippen LogP contribution is 2.29. The van der Waals surface area contributed by atoms with Crippen LogP contribution in [0.25, 0.3) is 0 Å². The Morgan fingerprint density at radius 3 is 2.72 bits per heavy atom. The second-order valence-corrected chi connectivity index (χ2v) is 8.53. The van der Waals surface area contributed by atoms with Crippen molar-refractivity contribution in [1.82, 2.24) is 10.6 Å². The van der Waals surface area contributed by atoms with Crippen molar-refractivity contribution in [3.05, 3.63) is 54.6 Å². The Labute approximate surface area is 175 Å². The van der Waals surface area contributed by atoms with Crippen molar-refractivity contribution in [3.8, 4) is 5.75 Å². The number of ether oxygens (including phenoxy) is 1. The van der Waals surface area contributed by atoms with Gasteiger partial charge in [-0.1, -0.05) is 30.3 Å². The molecule has 1 saturated heterocycles. The molecule has 2 N–H and O–H groups in total. The normalized spacial score (nSPS) is 18.2. The Morgan fingerprint density at radius 2 is 1.97 bits per heavy atom. The molecule has 1 heterocycles. The average molecular weight is 415 g/mol. The molecule has 0 bridgehead atoms. The smallest absolute Gasteiger partial charge is 0.191 e. The molecular formula is C22H30N4O2S. The molecule has 2 unspecified atom stereocenters. The largest absolute Gasteiger partial charge is 0.495 e. The quantitative estimate of drug-likeness (QED) is 0.539. The van der Waals surface area contributed by atoms with Crippen molar-refractivity contribution in [2.45, 2.75) is 23.8 Å². The molecule has 1 aliphatic rings. The van der Waals surface area contributed by atoms with Gasteiger partial charge < -0.3 is 20.3 Å². The van der Waals surface area contributed by atoms with Gasteiger partial charge in [-0.2, -0.15) is 0 Å². The summed E-state index contributed by atoms with van der Waals surface area (Å²) >= 11 is 0. The van der Waals surface area contributed by atoms with Crippen molar-refractivity contribution >= 4 is 22.4 Å². The Bertz CT molecular complexity index is 829. The van der Waals surface area contributed by atoms with Crippen LogP contribution in [0.15, 0.2) is 64.5 Å². The topological polar surface area (TPSA) is 66.0 Å². The molecule has 0 saturated carbocycles. The maximum Gasteiger partial charge on any atom is 0.191 e. The fraction of sp³-hybridized carbons (Fsp3) is 0.409. The first kappa shape index (κ1) is 21.2. The minimum Gasteiger partial charge on any atom is -0.495 e. The zero-order chi connectivity index (χ0) is 20.5. The Balaban J connectivity index is 1.50. The monoisotopic (exact) mass is 414 g/mol. The van der Waals surface area contributed by atoms with Crippen LogP contribution in [-0.2, 0) is 10.8 Å². The predicted octanol–water partition coefficient (Wildman–Crippen LogP) is 2.64. The lowest BCUT2D eigenvalue weighted by Crippen LogP contribution is -2.51. The number of hydrogen-bond donors (Lipinski definition) is 2. The highest BCUT2D eigenvalue weighted by atomic mass is 32.2. The molecule has 3 rings (SSSR count). The molecule has 29 heavy (non-hydrogen) atoms. The molecule has 1 aliphatic heterocycles. The van der Waals surface area contributed by atoms with Crippen LogP contribution in [0.3, 0.4) is 0 Å². The zero-order valence-electron chi connectivity index (χ0n) is 17.1. The molecule has 156 valence electrons. The Kier molecular flexibility index (Phi) is 7.93. The molecule has 2 aromatic carbocycles. The second kappa shape index (κ2) is 10.9. The van der Waals surface area contributed by atoms with Gasteiger partial charge in [0.25, 0.3) is 0 Å². The SMILES string of the molecule is CN=C(NCCS(=O)c1ccccc1)NC1CCCN(c2ccccc2OC)C1. The summed E-state index contributed by atoms with van der Waals surface area (Å²) in [5.41, 5.74) is 1.13. The second-order valence-electron chi connectivity index (χ2n) is 6.96. The summed E-state index contributed by atoms with van der Waals surface area (Å²) in [5, 5.41) is 6.81. The number of nitrogens with one attached hydrogen (secondary N) is 2. The molecule has 1 fully saturated rings. The van der Waals surface area contributed by atoms with Crippen LogP contribution in [0.5, 0.6) is 5.75 Å². The Morgan fingerprint density at radius 1 is 1.21 bits per heavy atom. The molecule has 2 atom stereocenters. The first-order valence-corrected chi connectivity index (χ1v) is 11.3. The lowest BCUT2D eigenvalue weighted by molar-refractivity contribution is 0.408. The molecule has 2 aromatic rings. The van der Waals surface area contributed by atoms with E-state index in [4.69, 9.17) is 4.74 Å². The molecule has 6 nitrogen and oxygen atoms in total. The lowest BCUT2D eigenvalue weighted by atomic mass is 10.0. The van der Waals surface area contributed by atoms with Gasteiger partial charge in [0.05, 0.1) is 23.6 Å². The maximum atomic E-state index is 12.4. The summed E-state index contributed by atoms with van der Waals surface area (Å²) < 4.78 is 17.9. The van der Waals surface area contributed by atoms with Gasteiger partial charge in [-0.15, -0.1) is 0 Å².